The molecule has 1 heterocycles. The van der Waals surface area contributed by atoms with Crippen LogP contribution in [0.4, 0.5) is 0 Å². The van der Waals surface area contributed by atoms with E-state index in [1.165, 1.54) is 6.92 Å². The molecular weight excluding hydrogens is 186 g/mol. The van der Waals surface area contributed by atoms with Crippen LogP contribution in [-0.4, -0.2) is 35.2 Å². The number of hydrogen-bond acceptors (Lipinski definition) is 3. The zero-order chi connectivity index (χ0) is 10.7. The average molecular weight is 201 g/mol. The Bertz CT molecular complexity index is 241. The maximum Gasteiger partial charge on any atom is 0.325 e. The molecule has 2 N–H and O–H groups in total. The fourth-order valence-corrected chi connectivity index (χ4v) is 1.36. The minimum atomic E-state index is -1.04. The van der Waals surface area contributed by atoms with E-state index in [4.69, 9.17) is 9.84 Å². The van der Waals surface area contributed by atoms with Crippen molar-refractivity contribution < 1.29 is 19.4 Å². The molecule has 0 aromatic rings. The lowest BCUT2D eigenvalue weighted by Gasteiger charge is -2.14. The van der Waals surface area contributed by atoms with Crippen molar-refractivity contribution in [2.75, 3.05) is 0 Å². The second-order valence-electron chi connectivity index (χ2n) is 3.58. The molecule has 0 saturated carbocycles. The van der Waals surface area contributed by atoms with Gasteiger partial charge in [-0.15, -0.1) is 0 Å². The van der Waals surface area contributed by atoms with Crippen LogP contribution in [0.25, 0.3) is 0 Å². The molecule has 1 fully saturated rings. The maximum atomic E-state index is 11.4. The van der Waals surface area contributed by atoms with E-state index in [-0.39, 0.29) is 12.0 Å². The number of rotatable bonds is 3. The van der Waals surface area contributed by atoms with Gasteiger partial charge in [-0.3, -0.25) is 9.59 Å². The number of carboxylic acid groups (broad SMARTS) is 1. The standard InChI is InChI=1S/C9H15NO4/c1-5-3-4-7(14-5)8(11)10-6(2)9(12)13/h5-7H,3-4H2,1-2H3,(H,10,11)(H,12,13)/t5-,6-,7-/m0/s1. The fourth-order valence-electron chi connectivity index (χ4n) is 1.36. The zero-order valence-electron chi connectivity index (χ0n) is 8.32. The molecule has 1 rings (SSSR count). The number of carbonyl (C=O) groups excluding carboxylic acids is 1. The van der Waals surface area contributed by atoms with Gasteiger partial charge in [-0.2, -0.15) is 0 Å². The molecule has 0 aliphatic carbocycles. The van der Waals surface area contributed by atoms with Crippen LogP contribution in [-0.2, 0) is 14.3 Å². The van der Waals surface area contributed by atoms with E-state index in [1.807, 2.05) is 6.92 Å². The molecule has 0 bridgehead atoms. The lowest BCUT2D eigenvalue weighted by atomic mass is 10.2. The predicted octanol–water partition coefficient (Wildman–Crippen LogP) is 0.143. The van der Waals surface area contributed by atoms with Crippen LogP contribution in [0.5, 0.6) is 0 Å². The minimum Gasteiger partial charge on any atom is -0.480 e. The first-order valence-electron chi connectivity index (χ1n) is 4.69. The molecule has 0 unspecified atom stereocenters. The summed E-state index contributed by atoms with van der Waals surface area (Å²) >= 11 is 0. The molecule has 0 aromatic heterocycles. The summed E-state index contributed by atoms with van der Waals surface area (Å²) in [5, 5.41) is 10.9. The summed E-state index contributed by atoms with van der Waals surface area (Å²) in [6, 6.07) is -0.859. The Morgan fingerprint density at radius 3 is 2.57 bits per heavy atom. The molecule has 3 atom stereocenters. The molecular formula is C9H15NO4. The number of carboxylic acids is 1. The number of amides is 1. The Morgan fingerprint density at radius 1 is 1.50 bits per heavy atom. The van der Waals surface area contributed by atoms with Crippen LogP contribution < -0.4 is 5.32 Å². The monoisotopic (exact) mass is 201 g/mol. The third kappa shape index (κ3) is 2.70. The van der Waals surface area contributed by atoms with E-state index in [2.05, 4.69) is 5.32 Å². The summed E-state index contributed by atoms with van der Waals surface area (Å²) < 4.78 is 5.30. The second-order valence-corrected chi connectivity index (χ2v) is 3.58. The van der Waals surface area contributed by atoms with Crippen molar-refractivity contribution in [3.63, 3.8) is 0 Å². The summed E-state index contributed by atoms with van der Waals surface area (Å²) in [6.07, 6.45) is 1.12. The van der Waals surface area contributed by atoms with Crippen molar-refractivity contribution in [1.29, 1.82) is 0 Å². The summed E-state index contributed by atoms with van der Waals surface area (Å²) in [5.74, 6) is -1.37. The van der Waals surface area contributed by atoms with Crippen LogP contribution >= 0.6 is 0 Å². The topological polar surface area (TPSA) is 75.6 Å². The third-order valence-electron chi connectivity index (χ3n) is 2.25. The highest BCUT2D eigenvalue weighted by Gasteiger charge is 2.29. The largest absolute Gasteiger partial charge is 0.480 e. The number of hydrogen-bond donors (Lipinski definition) is 2. The van der Waals surface area contributed by atoms with Crippen molar-refractivity contribution in [2.24, 2.45) is 0 Å². The predicted molar refractivity (Wildman–Crippen MR) is 48.8 cm³/mol. The molecule has 1 aliphatic rings. The lowest BCUT2D eigenvalue weighted by Crippen LogP contribution is -2.43. The molecule has 5 heteroatoms. The van der Waals surface area contributed by atoms with E-state index in [0.29, 0.717) is 6.42 Å². The van der Waals surface area contributed by atoms with Crippen LogP contribution in [0.15, 0.2) is 0 Å². The van der Waals surface area contributed by atoms with Crippen LogP contribution in [0.2, 0.25) is 0 Å². The van der Waals surface area contributed by atoms with Gasteiger partial charge in [0.1, 0.15) is 12.1 Å². The highest BCUT2D eigenvalue weighted by Crippen LogP contribution is 2.18. The molecule has 1 amide bonds. The first kappa shape index (κ1) is 11.0. The molecule has 5 nitrogen and oxygen atoms in total. The van der Waals surface area contributed by atoms with Crippen molar-refractivity contribution in [2.45, 2.75) is 44.9 Å². The van der Waals surface area contributed by atoms with E-state index in [1.54, 1.807) is 0 Å². The Morgan fingerprint density at radius 2 is 2.14 bits per heavy atom. The van der Waals surface area contributed by atoms with E-state index in [0.717, 1.165) is 6.42 Å². The normalized spacial score (nSPS) is 28.4. The summed E-state index contributed by atoms with van der Waals surface area (Å²) in [7, 11) is 0. The van der Waals surface area contributed by atoms with Crippen LogP contribution in [0, 0.1) is 0 Å². The van der Waals surface area contributed by atoms with Gasteiger partial charge < -0.3 is 15.2 Å². The Hall–Kier alpha value is -1.10. The van der Waals surface area contributed by atoms with Gasteiger partial charge in [0, 0.05) is 0 Å². The Labute approximate surface area is 82.4 Å². The summed E-state index contributed by atoms with van der Waals surface area (Å²) in [5.41, 5.74) is 0. The lowest BCUT2D eigenvalue weighted by molar-refractivity contribution is -0.143. The van der Waals surface area contributed by atoms with E-state index < -0.39 is 18.1 Å². The van der Waals surface area contributed by atoms with Gasteiger partial charge in [-0.05, 0) is 26.7 Å². The summed E-state index contributed by atoms with van der Waals surface area (Å²) in [4.78, 5) is 21.9. The smallest absolute Gasteiger partial charge is 0.325 e. The molecule has 0 radical (unpaired) electrons. The van der Waals surface area contributed by atoms with Crippen molar-refractivity contribution in [1.82, 2.24) is 5.32 Å². The third-order valence-corrected chi connectivity index (χ3v) is 2.25. The van der Waals surface area contributed by atoms with Gasteiger partial charge in [-0.1, -0.05) is 0 Å². The van der Waals surface area contributed by atoms with E-state index >= 15 is 0 Å². The van der Waals surface area contributed by atoms with Gasteiger partial charge >= 0.3 is 5.97 Å². The molecule has 80 valence electrons. The first-order chi connectivity index (χ1) is 6.50. The van der Waals surface area contributed by atoms with E-state index in [9.17, 15) is 9.59 Å². The average Bonchev–Trinajstić information content (AvgIpc) is 2.51. The highest BCUT2D eigenvalue weighted by atomic mass is 16.5. The van der Waals surface area contributed by atoms with Gasteiger partial charge in [0.2, 0.25) is 5.91 Å². The van der Waals surface area contributed by atoms with Crippen LogP contribution in [0.1, 0.15) is 26.7 Å². The number of ether oxygens (including phenoxy) is 1. The summed E-state index contributed by atoms with van der Waals surface area (Å²) in [6.45, 7) is 3.33. The van der Waals surface area contributed by atoms with Crippen molar-refractivity contribution in [3.05, 3.63) is 0 Å². The first-order valence-corrected chi connectivity index (χ1v) is 4.69. The van der Waals surface area contributed by atoms with Gasteiger partial charge in [0.25, 0.3) is 0 Å². The van der Waals surface area contributed by atoms with Crippen LogP contribution in [0.3, 0.4) is 0 Å². The minimum absolute atomic E-state index is 0.0888. The SMILES string of the molecule is C[C@H](NC(=O)[C@@H]1CC[C@H](C)O1)C(=O)O. The Balaban J connectivity index is 2.39. The molecule has 0 spiro atoms. The molecule has 1 aliphatic heterocycles. The zero-order valence-corrected chi connectivity index (χ0v) is 8.32. The van der Waals surface area contributed by atoms with Gasteiger partial charge in [0.05, 0.1) is 6.10 Å². The number of aliphatic carboxylic acids is 1. The van der Waals surface area contributed by atoms with Crippen molar-refractivity contribution in [3.8, 4) is 0 Å². The molecule has 14 heavy (non-hydrogen) atoms. The quantitative estimate of drug-likeness (QED) is 0.681. The molecule has 0 aromatic carbocycles. The van der Waals surface area contributed by atoms with Gasteiger partial charge in [-0.25, -0.2) is 0 Å². The number of carbonyl (C=O) groups is 2. The second kappa shape index (κ2) is 4.41. The number of nitrogens with one attached hydrogen (secondary N) is 1. The fraction of sp³-hybridized carbons (Fsp3) is 0.778. The van der Waals surface area contributed by atoms with Crippen molar-refractivity contribution >= 4 is 11.9 Å². The maximum absolute atomic E-state index is 11.4. The highest BCUT2D eigenvalue weighted by molar-refractivity contribution is 5.86. The Kier molecular flexibility index (Phi) is 3.46. The van der Waals surface area contributed by atoms with Gasteiger partial charge in [0.15, 0.2) is 0 Å². The molecule has 1 saturated heterocycles.